The van der Waals surface area contributed by atoms with E-state index in [1.165, 1.54) is 6.20 Å². The average molecular weight is 414 g/mol. The highest BCUT2D eigenvalue weighted by molar-refractivity contribution is 6.02. The molecule has 0 spiro atoms. The van der Waals surface area contributed by atoms with Crippen molar-refractivity contribution < 1.29 is 29.1 Å². The van der Waals surface area contributed by atoms with E-state index in [0.29, 0.717) is 12.0 Å². The molecule has 1 aromatic heterocycles. The summed E-state index contributed by atoms with van der Waals surface area (Å²) in [5, 5.41) is 2.12. The number of quaternary nitrogens is 1. The third-order valence-electron chi connectivity index (χ3n) is 4.37. The summed E-state index contributed by atoms with van der Waals surface area (Å²) < 4.78 is 16.1. The van der Waals surface area contributed by atoms with Crippen LogP contribution in [0.15, 0.2) is 42.7 Å². The number of hydrogen-bond donors (Lipinski definition) is 1. The molecule has 0 aliphatic carbocycles. The third-order valence-corrected chi connectivity index (χ3v) is 4.37. The highest BCUT2D eigenvalue weighted by atomic mass is 16.7. The van der Waals surface area contributed by atoms with Crippen molar-refractivity contribution in [2.24, 2.45) is 0 Å². The lowest BCUT2D eigenvalue weighted by Crippen LogP contribution is -2.82. The molecule has 2 N–H and O–H groups in total. The summed E-state index contributed by atoms with van der Waals surface area (Å²) in [6.45, 7) is 7.35. The molecule has 8 nitrogen and oxygen atoms in total. The van der Waals surface area contributed by atoms with Gasteiger partial charge in [0.05, 0.1) is 12.1 Å². The molecule has 0 bridgehead atoms. The van der Waals surface area contributed by atoms with Gasteiger partial charge in [0.1, 0.15) is 12.1 Å². The van der Waals surface area contributed by atoms with Gasteiger partial charge in [0.2, 0.25) is 6.79 Å². The van der Waals surface area contributed by atoms with E-state index >= 15 is 0 Å². The van der Waals surface area contributed by atoms with Crippen molar-refractivity contribution in [1.82, 2.24) is 9.88 Å². The predicted octanol–water partition coefficient (Wildman–Crippen LogP) is 2.34. The van der Waals surface area contributed by atoms with Gasteiger partial charge in [0, 0.05) is 30.9 Å². The Labute approximate surface area is 176 Å². The van der Waals surface area contributed by atoms with Gasteiger partial charge in [0.25, 0.3) is 5.91 Å². The standard InChI is InChI=1S/C22H27N3O5/c1-22(2,3)30-21(27)25(20(26)17-6-4-9-24-14-17)11-5-10-23-13-16-7-8-18-19(12-16)29-15-28-18/h4,6-9,12,14,23H,5,10-11,13,15H2,1-3H3/p+1. The summed E-state index contributed by atoms with van der Waals surface area (Å²) in [6.07, 6.45) is 3.02. The molecule has 2 heterocycles. The van der Waals surface area contributed by atoms with E-state index in [1.807, 2.05) is 18.2 Å². The van der Waals surface area contributed by atoms with Crippen molar-refractivity contribution in [2.45, 2.75) is 39.3 Å². The zero-order chi connectivity index (χ0) is 21.6. The van der Waals surface area contributed by atoms with Crippen molar-refractivity contribution >= 4 is 12.0 Å². The molecule has 2 aromatic rings. The molecule has 0 atom stereocenters. The molecule has 160 valence electrons. The average Bonchev–Trinajstić information content (AvgIpc) is 3.17. The predicted molar refractivity (Wildman–Crippen MR) is 109 cm³/mol. The summed E-state index contributed by atoms with van der Waals surface area (Å²) in [5.74, 6) is 1.12. The van der Waals surface area contributed by atoms with E-state index in [2.05, 4.69) is 10.3 Å². The summed E-state index contributed by atoms with van der Waals surface area (Å²) in [6, 6.07) is 9.18. The van der Waals surface area contributed by atoms with E-state index in [-0.39, 0.29) is 13.3 Å². The second-order valence-corrected chi connectivity index (χ2v) is 8.00. The summed E-state index contributed by atoms with van der Waals surface area (Å²) >= 11 is 0. The molecule has 0 fully saturated rings. The van der Waals surface area contributed by atoms with Crippen LogP contribution in [-0.2, 0) is 11.3 Å². The topological polar surface area (TPSA) is 94.6 Å². The van der Waals surface area contributed by atoms with Crippen LogP contribution in [0.2, 0.25) is 0 Å². The third kappa shape index (κ3) is 5.93. The van der Waals surface area contributed by atoms with Gasteiger partial charge < -0.3 is 19.5 Å². The number of benzene rings is 1. The van der Waals surface area contributed by atoms with Crippen molar-refractivity contribution in [3.05, 3.63) is 53.9 Å². The number of imide groups is 1. The van der Waals surface area contributed by atoms with E-state index in [1.54, 1.807) is 39.1 Å². The van der Waals surface area contributed by atoms with Crippen LogP contribution in [0, 0.1) is 0 Å². The molecule has 30 heavy (non-hydrogen) atoms. The zero-order valence-corrected chi connectivity index (χ0v) is 17.6. The van der Waals surface area contributed by atoms with E-state index < -0.39 is 17.6 Å². The number of pyridine rings is 1. The normalized spacial score (nSPS) is 12.5. The Hall–Kier alpha value is -3.13. The van der Waals surface area contributed by atoms with Crippen LogP contribution in [0.25, 0.3) is 0 Å². The van der Waals surface area contributed by atoms with Crippen LogP contribution >= 0.6 is 0 Å². The molecule has 8 heteroatoms. The maximum atomic E-state index is 12.8. The van der Waals surface area contributed by atoms with Crippen molar-refractivity contribution in [2.75, 3.05) is 19.9 Å². The molecule has 0 unspecified atom stereocenters. The number of carbonyl (C=O) groups excluding carboxylic acids is 2. The number of nitrogens with zero attached hydrogens (tertiary/aromatic N) is 2. The van der Waals surface area contributed by atoms with Gasteiger partial charge in [-0.2, -0.15) is 0 Å². The zero-order valence-electron chi connectivity index (χ0n) is 17.6. The van der Waals surface area contributed by atoms with Crippen LogP contribution in [0.5, 0.6) is 11.5 Å². The smallest absolute Gasteiger partial charge is 0.417 e. The lowest BCUT2D eigenvalue weighted by Gasteiger charge is -2.26. The number of amides is 2. The summed E-state index contributed by atoms with van der Waals surface area (Å²) in [5.41, 5.74) is 0.790. The Kier molecular flexibility index (Phi) is 6.89. The van der Waals surface area contributed by atoms with Gasteiger partial charge in [0.15, 0.2) is 11.5 Å². The molecule has 0 radical (unpaired) electrons. The largest absolute Gasteiger partial charge is 0.454 e. The number of rotatable bonds is 7. The quantitative estimate of drug-likeness (QED) is 0.699. The fourth-order valence-electron chi connectivity index (χ4n) is 2.97. The van der Waals surface area contributed by atoms with Crippen LogP contribution in [0.4, 0.5) is 4.79 Å². The number of fused-ring (bicyclic) bond motifs is 1. The second kappa shape index (κ2) is 9.58. The first kappa shape index (κ1) is 21.6. The lowest BCUT2D eigenvalue weighted by molar-refractivity contribution is -0.670. The first-order chi connectivity index (χ1) is 14.3. The molecular weight excluding hydrogens is 386 g/mol. The van der Waals surface area contributed by atoms with Crippen molar-refractivity contribution in [3.63, 3.8) is 0 Å². The Morgan fingerprint density at radius 2 is 2.00 bits per heavy atom. The highest BCUT2D eigenvalue weighted by Crippen LogP contribution is 2.32. The van der Waals surface area contributed by atoms with Crippen molar-refractivity contribution in [1.29, 1.82) is 0 Å². The van der Waals surface area contributed by atoms with Crippen LogP contribution in [-0.4, -0.2) is 47.4 Å². The Morgan fingerprint density at radius 1 is 1.20 bits per heavy atom. The van der Waals surface area contributed by atoms with Gasteiger partial charge >= 0.3 is 6.09 Å². The fraction of sp³-hybridized carbons (Fsp3) is 0.409. The monoisotopic (exact) mass is 414 g/mol. The Morgan fingerprint density at radius 3 is 2.73 bits per heavy atom. The Balaban J connectivity index is 1.53. The fourth-order valence-corrected chi connectivity index (χ4v) is 2.97. The molecule has 1 aliphatic heterocycles. The van der Waals surface area contributed by atoms with Crippen LogP contribution in [0.1, 0.15) is 43.1 Å². The minimum atomic E-state index is -0.684. The number of nitrogens with two attached hydrogens (primary N) is 1. The maximum absolute atomic E-state index is 12.8. The second-order valence-electron chi connectivity index (χ2n) is 8.00. The molecule has 1 aromatic carbocycles. The van der Waals surface area contributed by atoms with Gasteiger partial charge in [-0.15, -0.1) is 0 Å². The first-order valence-corrected chi connectivity index (χ1v) is 9.98. The van der Waals surface area contributed by atoms with Gasteiger partial charge in [-0.3, -0.25) is 9.78 Å². The number of carbonyl (C=O) groups is 2. The van der Waals surface area contributed by atoms with Crippen molar-refractivity contribution in [3.8, 4) is 11.5 Å². The van der Waals surface area contributed by atoms with Gasteiger partial charge in [-0.1, -0.05) is 0 Å². The first-order valence-electron chi connectivity index (χ1n) is 9.98. The lowest BCUT2D eigenvalue weighted by atomic mass is 10.2. The van der Waals surface area contributed by atoms with E-state index in [9.17, 15) is 9.59 Å². The van der Waals surface area contributed by atoms with Gasteiger partial charge in [-0.05, 0) is 51.1 Å². The minimum absolute atomic E-state index is 0.258. The van der Waals surface area contributed by atoms with E-state index in [0.717, 1.165) is 35.1 Å². The summed E-state index contributed by atoms with van der Waals surface area (Å²) in [7, 11) is 0. The summed E-state index contributed by atoms with van der Waals surface area (Å²) in [4.78, 5) is 30.5. The molecule has 1 aliphatic rings. The number of hydrogen-bond acceptors (Lipinski definition) is 6. The molecule has 0 saturated carbocycles. The molecule has 2 amide bonds. The molecule has 3 rings (SSSR count). The Bertz CT molecular complexity index is 880. The minimum Gasteiger partial charge on any atom is -0.454 e. The number of aromatic nitrogens is 1. The molecule has 0 saturated heterocycles. The maximum Gasteiger partial charge on any atom is 0.417 e. The van der Waals surface area contributed by atoms with Crippen LogP contribution < -0.4 is 14.8 Å². The van der Waals surface area contributed by atoms with E-state index in [4.69, 9.17) is 14.2 Å². The SMILES string of the molecule is CC(C)(C)OC(=O)N(CCC[NH2+]Cc1ccc2c(c1)OCO2)C(=O)c1cccnc1. The molecular formula is C22H28N3O5+. The number of ether oxygens (including phenoxy) is 3. The van der Waals surface area contributed by atoms with Gasteiger partial charge in [-0.25, -0.2) is 9.69 Å². The van der Waals surface area contributed by atoms with Crippen LogP contribution in [0.3, 0.4) is 0 Å². The highest BCUT2D eigenvalue weighted by Gasteiger charge is 2.28.